The average Bonchev–Trinajstić information content (AvgIpc) is 3.26. The van der Waals surface area contributed by atoms with Crippen LogP contribution in [0.5, 0.6) is 0 Å². The number of aromatic nitrogens is 1. The number of hydrogen-bond donors (Lipinski definition) is 1. The number of nitrogen functional groups attached to an aromatic ring is 1. The summed E-state index contributed by atoms with van der Waals surface area (Å²) in [6.45, 7) is 8.51. The van der Waals surface area contributed by atoms with Crippen molar-refractivity contribution < 1.29 is 4.79 Å². The third-order valence-corrected chi connectivity index (χ3v) is 5.97. The summed E-state index contributed by atoms with van der Waals surface area (Å²) in [5.41, 5.74) is 13.3. The van der Waals surface area contributed by atoms with E-state index < -0.39 is 0 Å². The summed E-state index contributed by atoms with van der Waals surface area (Å²) in [7, 11) is 0. The molecule has 164 valence electrons. The first-order valence-corrected chi connectivity index (χ1v) is 10.9. The van der Waals surface area contributed by atoms with Crippen LogP contribution >= 0.6 is 0 Å². The second kappa shape index (κ2) is 8.76. The van der Waals surface area contributed by atoms with Crippen molar-refractivity contribution in [1.82, 2.24) is 4.57 Å². The summed E-state index contributed by atoms with van der Waals surface area (Å²) in [6.07, 6.45) is 1.88. The summed E-state index contributed by atoms with van der Waals surface area (Å²) in [4.78, 5) is 18.3. The number of hydrogen-bond acceptors (Lipinski definition) is 4. The molecule has 1 aromatic heterocycles. The SMILES string of the molecule is CCn1c(/C=C2\C(=O)c3cc(N)ccc3\C2=C(/C)C#N)cc(C)c1N=C(C)c1ccccc1. The molecule has 0 spiro atoms. The third-order valence-electron chi connectivity index (χ3n) is 5.97. The summed E-state index contributed by atoms with van der Waals surface area (Å²) in [5.74, 6) is 0.745. The number of nitriles is 1. The quantitative estimate of drug-likeness (QED) is 0.232. The van der Waals surface area contributed by atoms with Gasteiger partial charge in [0.2, 0.25) is 0 Å². The van der Waals surface area contributed by atoms with Gasteiger partial charge in [-0.3, -0.25) is 4.79 Å². The summed E-state index contributed by atoms with van der Waals surface area (Å²) >= 11 is 0. The molecule has 0 amide bonds. The van der Waals surface area contributed by atoms with Gasteiger partial charge in [-0.15, -0.1) is 0 Å². The topological polar surface area (TPSA) is 84.2 Å². The number of benzene rings is 2. The Morgan fingerprint density at radius 1 is 1.12 bits per heavy atom. The maximum atomic E-state index is 13.3. The molecule has 0 aliphatic heterocycles. The number of nitrogens with zero attached hydrogens (tertiary/aromatic N) is 3. The van der Waals surface area contributed by atoms with E-state index in [2.05, 4.69) is 17.6 Å². The van der Waals surface area contributed by atoms with Crippen molar-refractivity contribution in [3.05, 3.63) is 93.7 Å². The zero-order valence-electron chi connectivity index (χ0n) is 19.3. The molecule has 0 saturated carbocycles. The van der Waals surface area contributed by atoms with E-state index in [9.17, 15) is 10.1 Å². The number of carbonyl (C=O) groups is 1. The normalized spacial score (nSPS) is 16.2. The van der Waals surface area contributed by atoms with E-state index >= 15 is 0 Å². The number of anilines is 1. The number of aliphatic imine (C=N–C) groups is 1. The monoisotopic (exact) mass is 434 g/mol. The minimum atomic E-state index is -0.117. The molecular weight excluding hydrogens is 408 g/mol. The second-order valence-electron chi connectivity index (χ2n) is 8.19. The predicted molar refractivity (Wildman–Crippen MR) is 135 cm³/mol. The van der Waals surface area contributed by atoms with E-state index in [0.29, 0.717) is 34.5 Å². The highest BCUT2D eigenvalue weighted by molar-refractivity contribution is 6.29. The maximum absolute atomic E-state index is 13.3. The van der Waals surface area contributed by atoms with E-state index in [1.807, 2.05) is 62.4 Å². The van der Waals surface area contributed by atoms with Crippen molar-refractivity contribution in [2.45, 2.75) is 34.2 Å². The number of aryl methyl sites for hydroxylation is 1. The molecule has 0 unspecified atom stereocenters. The van der Waals surface area contributed by atoms with Gasteiger partial charge in [-0.25, -0.2) is 4.99 Å². The lowest BCUT2D eigenvalue weighted by molar-refractivity contribution is 0.104. The number of Topliss-reactive ketones (excluding diaryl/α,β-unsaturated/α-hetero) is 1. The summed E-state index contributed by atoms with van der Waals surface area (Å²) in [6, 6.07) is 19.6. The molecule has 1 aliphatic rings. The first-order valence-electron chi connectivity index (χ1n) is 10.9. The van der Waals surface area contributed by atoms with Gasteiger partial charge < -0.3 is 10.3 Å². The number of carbonyl (C=O) groups excluding carboxylic acids is 1. The predicted octanol–water partition coefficient (Wildman–Crippen LogP) is 6.12. The molecule has 1 aliphatic carbocycles. The molecule has 0 radical (unpaired) electrons. The van der Waals surface area contributed by atoms with Crippen LogP contribution in [0.3, 0.4) is 0 Å². The van der Waals surface area contributed by atoms with Crippen molar-refractivity contribution in [3.63, 3.8) is 0 Å². The number of nitrogens with two attached hydrogens (primary N) is 1. The molecule has 2 N–H and O–H groups in total. The van der Waals surface area contributed by atoms with Crippen LogP contribution in [0.1, 0.15) is 53.5 Å². The van der Waals surface area contributed by atoms with Crippen molar-refractivity contribution in [2.75, 3.05) is 5.73 Å². The Balaban J connectivity index is 1.87. The van der Waals surface area contributed by atoms with Gasteiger partial charge in [0.25, 0.3) is 0 Å². The van der Waals surface area contributed by atoms with E-state index in [-0.39, 0.29) is 5.78 Å². The fourth-order valence-electron chi connectivity index (χ4n) is 4.32. The Hall–Kier alpha value is -4.17. The Bertz CT molecular complexity index is 1400. The Morgan fingerprint density at radius 2 is 1.85 bits per heavy atom. The molecule has 0 fully saturated rings. The largest absolute Gasteiger partial charge is 0.399 e. The lowest BCUT2D eigenvalue weighted by atomic mass is 9.99. The highest BCUT2D eigenvalue weighted by Crippen LogP contribution is 2.41. The van der Waals surface area contributed by atoms with Crippen LogP contribution in [0.2, 0.25) is 0 Å². The zero-order valence-corrected chi connectivity index (χ0v) is 19.3. The van der Waals surface area contributed by atoms with E-state index in [4.69, 9.17) is 10.7 Å². The minimum absolute atomic E-state index is 0.117. The Kier molecular flexibility index (Phi) is 5.85. The van der Waals surface area contributed by atoms with Crippen LogP contribution in [0.25, 0.3) is 11.6 Å². The lowest BCUT2D eigenvalue weighted by Crippen LogP contribution is -2.01. The van der Waals surface area contributed by atoms with Gasteiger partial charge in [0.1, 0.15) is 5.82 Å². The molecule has 33 heavy (non-hydrogen) atoms. The van der Waals surface area contributed by atoms with Gasteiger partial charge in [0.05, 0.1) is 6.07 Å². The molecule has 0 saturated heterocycles. The van der Waals surface area contributed by atoms with E-state index in [0.717, 1.165) is 33.9 Å². The van der Waals surface area contributed by atoms with Gasteiger partial charge in [0.15, 0.2) is 5.78 Å². The first-order chi connectivity index (χ1) is 15.8. The van der Waals surface area contributed by atoms with Crippen molar-refractivity contribution >= 4 is 34.6 Å². The Morgan fingerprint density at radius 3 is 2.52 bits per heavy atom. The van der Waals surface area contributed by atoms with Crippen LogP contribution in [0.15, 0.2) is 70.7 Å². The lowest BCUT2D eigenvalue weighted by Gasteiger charge is -2.09. The molecule has 5 nitrogen and oxygen atoms in total. The highest BCUT2D eigenvalue weighted by atomic mass is 16.1. The van der Waals surface area contributed by atoms with Crippen LogP contribution < -0.4 is 5.73 Å². The molecule has 0 atom stereocenters. The molecule has 0 bridgehead atoms. The minimum Gasteiger partial charge on any atom is -0.399 e. The van der Waals surface area contributed by atoms with Gasteiger partial charge >= 0.3 is 0 Å². The van der Waals surface area contributed by atoms with Crippen LogP contribution in [-0.4, -0.2) is 16.1 Å². The van der Waals surface area contributed by atoms with Crippen molar-refractivity contribution in [3.8, 4) is 6.07 Å². The standard InChI is InChI=1S/C28H26N4O/c1-5-32-22(13-17(2)28(32)31-19(4)20-9-7-6-8-10-20)15-25-26(18(3)16-29)23-12-11-21(30)14-24(23)27(25)33/h6-15H,5,30H2,1-4H3/b25-15-,26-18-,31-19?. The van der Waals surface area contributed by atoms with Gasteiger partial charge in [-0.1, -0.05) is 36.4 Å². The molecular formula is C28H26N4O. The summed E-state index contributed by atoms with van der Waals surface area (Å²) in [5, 5.41) is 9.61. The van der Waals surface area contributed by atoms with Crippen LogP contribution in [-0.2, 0) is 6.54 Å². The fourth-order valence-corrected chi connectivity index (χ4v) is 4.32. The van der Waals surface area contributed by atoms with E-state index in [1.54, 1.807) is 19.1 Å². The summed E-state index contributed by atoms with van der Waals surface area (Å²) < 4.78 is 2.10. The number of rotatable bonds is 4. The molecule has 2 aromatic carbocycles. The average molecular weight is 435 g/mol. The zero-order chi connectivity index (χ0) is 23.7. The molecule has 1 heterocycles. The van der Waals surface area contributed by atoms with Gasteiger partial charge in [-0.05, 0) is 68.7 Å². The first kappa shape index (κ1) is 22.0. The van der Waals surface area contributed by atoms with Crippen molar-refractivity contribution in [1.29, 1.82) is 5.26 Å². The maximum Gasteiger partial charge on any atom is 0.194 e. The highest BCUT2D eigenvalue weighted by Gasteiger charge is 2.32. The van der Waals surface area contributed by atoms with Gasteiger partial charge in [0, 0.05) is 45.9 Å². The third kappa shape index (κ3) is 3.92. The molecule has 3 aromatic rings. The number of fused-ring (bicyclic) bond motifs is 1. The van der Waals surface area contributed by atoms with Crippen LogP contribution in [0, 0.1) is 18.3 Å². The molecule has 5 heteroatoms. The fraction of sp³-hybridized carbons (Fsp3) is 0.179. The van der Waals surface area contributed by atoms with E-state index in [1.165, 1.54) is 0 Å². The smallest absolute Gasteiger partial charge is 0.194 e. The molecule has 4 rings (SSSR count). The van der Waals surface area contributed by atoms with Gasteiger partial charge in [-0.2, -0.15) is 5.26 Å². The van der Waals surface area contributed by atoms with Crippen LogP contribution in [0.4, 0.5) is 11.5 Å². The van der Waals surface area contributed by atoms with Crippen molar-refractivity contribution in [2.24, 2.45) is 4.99 Å². The number of ketones is 1. The number of allylic oxidation sites excluding steroid dienone is 3. The Labute approximate surface area is 194 Å². The second-order valence-corrected chi connectivity index (χ2v) is 8.19.